The molecule has 0 spiro atoms. The summed E-state index contributed by atoms with van der Waals surface area (Å²) >= 11 is 0. The van der Waals surface area contributed by atoms with Crippen molar-refractivity contribution in [2.24, 2.45) is 17.2 Å². The third-order valence-corrected chi connectivity index (χ3v) is 7.12. The fraction of sp³-hybridized carbons (Fsp3) is 0.905. The van der Waals surface area contributed by atoms with Gasteiger partial charge in [-0.05, 0) is 0 Å². The van der Waals surface area contributed by atoms with Crippen LogP contribution in [-0.2, 0) is 28.5 Å². The number of rotatable bonds is 9. The maximum Gasteiger partial charge on any atom is 0.176 e. The Morgan fingerprint density at radius 1 is 0.789 bits per heavy atom. The SMILES string of the molecule is N[C@H]1[C@@H](OC2[C@@H](CO)O[C@@H](OC3[C@@H](CO)O[C@@H](O)[C@H](N)[C@H]3O)[C@H](N)[C@H]2O)O[C@@](CO)(CC=C=O)[C@@H](O)[C@@H]1O. The largest absolute Gasteiger partial charge is 0.394 e. The normalized spacial score (nSPS) is 49.9. The van der Waals surface area contributed by atoms with Gasteiger partial charge in [0.15, 0.2) is 18.9 Å². The number of hydrogen-bond donors (Lipinski definition) is 11. The number of carbonyl (C=O) groups excluding carboxylic acids is 1. The first-order chi connectivity index (χ1) is 18.0. The van der Waals surface area contributed by atoms with Crippen LogP contribution in [0.4, 0.5) is 0 Å². The Balaban J connectivity index is 1.78. The van der Waals surface area contributed by atoms with E-state index < -0.39 is 111 Å². The molecule has 0 aromatic carbocycles. The van der Waals surface area contributed by atoms with E-state index in [-0.39, 0.29) is 6.42 Å². The molecule has 0 bridgehead atoms. The fourth-order valence-electron chi connectivity index (χ4n) is 4.72. The summed E-state index contributed by atoms with van der Waals surface area (Å²) in [5.41, 5.74) is 15.9. The van der Waals surface area contributed by atoms with Crippen LogP contribution in [0, 0.1) is 0 Å². The molecule has 15 atom stereocenters. The van der Waals surface area contributed by atoms with Crippen molar-refractivity contribution in [1.82, 2.24) is 0 Å². The van der Waals surface area contributed by atoms with Crippen LogP contribution in [0.5, 0.6) is 0 Å². The number of aliphatic hydroxyl groups is 8. The molecule has 3 heterocycles. The quantitative estimate of drug-likeness (QED) is 0.118. The topological polar surface area (TPSA) is 303 Å². The minimum absolute atomic E-state index is 0.366. The van der Waals surface area contributed by atoms with Gasteiger partial charge in [-0.2, -0.15) is 0 Å². The predicted octanol–water partition coefficient (Wildman–Crippen LogP) is -7.53. The zero-order valence-corrected chi connectivity index (χ0v) is 20.2. The van der Waals surface area contributed by atoms with Crippen molar-refractivity contribution in [3.8, 4) is 0 Å². The van der Waals surface area contributed by atoms with Crippen molar-refractivity contribution in [3.05, 3.63) is 6.08 Å². The van der Waals surface area contributed by atoms with Crippen LogP contribution in [0.1, 0.15) is 6.42 Å². The molecule has 0 aromatic rings. The highest BCUT2D eigenvalue weighted by Gasteiger charge is 2.55. The first-order valence-corrected chi connectivity index (χ1v) is 11.9. The van der Waals surface area contributed by atoms with E-state index in [0.29, 0.717) is 0 Å². The highest BCUT2D eigenvalue weighted by atomic mass is 16.7. The third-order valence-electron chi connectivity index (χ3n) is 7.12. The molecule has 17 heteroatoms. The summed E-state index contributed by atoms with van der Waals surface area (Å²) in [7, 11) is 0. The Hall–Kier alpha value is -1.19. The van der Waals surface area contributed by atoms with Gasteiger partial charge >= 0.3 is 0 Å². The Labute approximate surface area is 216 Å². The number of hydrogen-bond acceptors (Lipinski definition) is 17. The monoisotopic (exact) mass is 555 g/mol. The maximum atomic E-state index is 10.9. The Kier molecular flexibility index (Phi) is 10.7. The fourth-order valence-corrected chi connectivity index (χ4v) is 4.72. The second-order valence-electron chi connectivity index (χ2n) is 9.56. The smallest absolute Gasteiger partial charge is 0.176 e. The maximum absolute atomic E-state index is 10.9. The molecule has 0 aromatic heterocycles. The van der Waals surface area contributed by atoms with Crippen LogP contribution in [0.2, 0.25) is 0 Å². The summed E-state index contributed by atoms with van der Waals surface area (Å²) in [4.78, 5) is 10.7. The molecule has 3 aliphatic rings. The van der Waals surface area contributed by atoms with E-state index in [0.717, 1.165) is 6.08 Å². The molecule has 2 unspecified atom stereocenters. The predicted molar refractivity (Wildman–Crippen MR) is 121 cm³/mol. The van der Waals surface area contributed by atoms with Crippen LogP contribution in [0.3, 0.4) is 0 Å². The van der Waals surface area contributed by atoms with Gasteiger partial charge < -0.3 is 81.7 Å². The second kappa shape index (κ2) is 13.0. The lowest BCUT2D eigenvalue weighted by Crippen LogP contribution is -2.71. The van der Waals surface area contributed by atoms with Crippen molar-refractivity contribution >= 4 is 5.94 Å². The first-order valence-electron chi connectivity index (χ1n) is 11.9. The molecule has 38 heavy (non-hydrogen) atoms. The van der Waals surface area contributed by atoms with E-state index >= 15 is 0 Å². The lowest BCUT2D eigenvalue weighted by Gasteiger charge is -2.51. The van der Waals surface area contributed by atoms with Gasteiger partial charge in [0.1, 0.15) is 60.4 Å². The first kappa shape index (κ1) is 31.3. The van der Waals surface area contributed by atoms with Gasteiger partial charge in [0, 0.05) is 12.5 Å². The number of aliphatic hydroxyl groups excluding tert-OH is 8. The van der Waals surface area contributed by atoms with Crippen molar-refractivity contribution in [2.75, 3.05) is 19.8 Å². The van der Waals surface area contributed by atoms with E-state index in [4.69, 9.17) is 40.9 Å². The number of ether oxygens (including phenoxy) is 5. The molecule has 3 aliphatic heterocycles. The van der Waals surface area contributed by atoms with Gasteiger partial charge in [-0.1, -0.05) is 0 Å². The molecule has 3 rings (SSSR count). The lowest BCUT2D eigenvalue weighted by atomic mass is 9.84. The van der Waals surface area contributed by atoms with Gasteiger partial charge in [-0.15, -0.1) is 0 Å². The van der Waals surface area contributed by atoms with E-state index in [9.17, 15) is 45.6 Å². The van der Waals surface area contributed by atoms with E-state index in [1.165, 1.54) is 5.94 Å². The van der Waals surface area contributed by atoms with Crippen molar-refractivity contribution < 1.29 is 69.3 Å². The molecule has 17 nitrogen and oxygen atoms in total. The Morgan fingerprint density at radius 2 is 1.32 bits per heavy atom. The molecule has 3 fully saturated rings. The summed E-state index contributed by atoms with van der Waals surface area (Å²) in [5.74, 6) is 1.48. The summed E-state index contributed by atoms with van der Waals surface area (Å²) < 4.78 is 27.9. The molecule has 14 N–H and O–H groups in total. The van der Waals surface area contributed by atoms with Crippen LogP contribution in [0.15, 0.2) is 6.08 Å². The zero-order chi connectivity index (χ0) is 28.4. The molecular weight excluding hydrogens is 518 g/mol. The highest BCUT2D eigenvalue weighted by Crippen LogP contribution is 2.35. The molecular formula is C21H37N3O14. The van der Waals surface area contributed by atoms with Crippen molar-refractivity contribution in [2.45, 2.75) is 97.8 Å². The molecule has 0 amide bonds. The summed E-state index contributed by atoms with van der Waals surface area (Å²) in [5, 5.41) is 81.5. The standard InChI is InChI=1S/C21H37N3O14/c22-9-12(29)15(7(4-26)34-18(9)33)36-19-10(23)13(30)16(8(5-27)35-19)37-20-11(24)14(31)17(32)21(6-28,38-20)2-1-3-25/h1,7-20,26-33H,2,4-6,22-24H2/t7-,8-,9-,10-,11-,12-,13-,14-,15?,16?,17+,18-,19+,20+,21-/m1/s1. The van der Waals surface area contributed by atoms with Crippen LogP contribution < -0.4 is 17.2 Å². The van der Waals surface area contributed by atoms with Gasteiger partial charge in [-0.25, -0.2) is 4.79 Å². The lowest BCUT2D eigenvalue weighted by molar-refractivity contribution is -0.360. The van der Waals surface area contributed by atoms with Crippen LogP contribution in [0.25, 0.3) is 0 Å². The van der Waals surface area contributed by atoms with Gasteiger partial charge in [0.2, 0.25) is 0 Å². The highest BCUT2D eigenvalue weighted by molar-refractivity contribution is 5.45. The summed E-state index contributed by atoms with van der Waals surface area (Å²) in [6.07, 6.45) is -16.1. The van der Waals surface area contributed by atoms with Gasteiger partial charge in [0.05, 0.1) is 37.9 Å². The van der Waals surface area contributed by atoms with E-state index in [1.54, 1.807) is 0 Å². The van der Waals surface area contributed by atoms with Gasteiger partial charge in [0.25, 0.3) is 0 Å². The molecule has 220 valence electrons. The molecule has 0 saturated carbocycles. The average molecular weight is 556 g/mol. The molecule has 0 aliphatic carbocycles. The third kappa shape index (κ3) is 5.95. The minimum Gasteiger partial charge on any atom is -0.394 e. The van der Waals surface area contributed by atoms with Gasteiger partial charge in [-0.3, -0.25) is 0 Å². The zero-order valence-electron chi connectivity index (χ0n) is 20.2. The van der Waals surface area contributed by atoms with Crippen molar-refractivity contribution in [3.63, 3.8) is 0 Å². The van der Waals surface area contributed by atoms with E-state index in [2.05, 4.69) is 0 Å². The molecule has 0 radical (unpaired) electrons. The second-order valence-corrected chi connectivity index (χ2v) is 9.56. The summed E-state index contributed by atoms with van der Waals surface area (Å²) in [6, 6.07) is -4.10. The average Bonchev–Trinajstić information content (AvgIpc) is 2.92. The van der Waals surface area contributed by atoms with Crippen molar-refractivity contribution in [1.29, 1.82) is 0 Å². The van der Waals surface area contributed by atoms with Crippen LogP contribution in [-0.4, -0.2) is 158 Å². The van der Waals surface area contributed by atoms with Crippen LogP contribution >= 0.6 is 0 Å². The Bertz CT molecular complexity index is 818. The number of nitrogens with two attached hydrogens (primary N) is 3. The minimum atomic E-state index is -1.90. The Morgan fingerprint density at radius 3 is 1.87 bits per heavy atom. The van der Waals surface area contributed by atoms with E-state index in [1.807, 2.05) is 0 Å². The summed E-state index contributed by atoms with van der Waals surface area (Å²) in [6.45, 7) is -2.29. The molecule has 3 saturated heterocycles.